The summed E-state index contributed by atoms with van der Waals surface area (Å²) in [5, 5.41) is 9.95. The van der Waals surface area contributed by atoms with E-state index in [0.29, 0.717) is 30.3 Å². The van der Waals surface area contributed by atoms with Gasteiger partial charge in [-0.05, 0) is 38.3 Å². The molecule has 0 spiro atoms. The number of amides is 2. The second-order valence-corrected chi connectivity index (χ2v) is 6.62. The third-order valence-corrected chi connectivity index (χ3v) is 3.85. The Morgan fingerprint density at radius 3 is 2.52 bits per heavy atom. The molecule has 0 aliphatic carbocycles. The number of carbonyl (C=O) groups is 2. The van der Waals surface area contributed by atoms with E-state index in [1.165, 1.54) is 0 Å². The van der Waals surface area contributed by atoms with Crippen molar-refractivity contribution >= 4 is 17.5 Å². The highest BCUT2D eigenvalue weighted by atomic mass is 16.2. The highest BCUT2D eigenvalue weighted by molar-refractivity contribution is 6.08. The minimum atomic E-state index is -0.281. The highest BCUT2D eigenvalue weighted by Crippen LogP contribution is 2.17. The quantitative estimate of drug-likeness (QED) is 0.846. The Morgan fingerprint density at radius 2 is 1.92 bits per heavy atom. The fourth-order valence-corrected chi connectivity index (χ4v) is 2.48. The smallest absolute Gasteiger partial charge is 0.273 e. The molecule has 0 fully saturated rings. The van der Waals surface area contributed by atoms with E-state index in [1.807, 2.05) is 46.8 Å². The summed E-state index contributed by atoms with van der Waals surface area (Å²) in [5.74, 6) is -0.187. The molecule has 0 radical (unpaired) electrons. The Bertz CT molecular complexity index is 778. The molecular weight excluding hydrogens is 316 g/mol. The maximum absolute atomic E-state index is 12.6. The number of aryl methyl sites for hydroxylation is 3. The number of carbonyl (C=O) groups excluding carboxylic acids is 2. The van der Waals surface area contributed by atoms with Gasteiger partial charge < -0.3 is 10.6 Å². The van der Waals surface area contributed by atoms with Crippen molar-refractivity contribution in [1.29, 1.82) is 0 Å². The van der Waals surface area contributed by atoms with Crippen molar-refractivity contribution in [2.45, 2.75) is 41.2 Å². The van der Waals surface area contributed by atoms with Crippen molar-refractivity contribution < 1.29 is 9.59 Å². The Balaban J connectivity index is 2.24. The fourth-order valence-electron chi connectivity index (χ4n) is 2.48. The third kappa shape index (κ3) is 4.68. The van der Waals surface area contributed by atoms with Crippen molar-refractivity contribution in [2.75, 3.05) is 11.9 Å². The summed E-state index contributed by atoms with van der Waals surface area (Å²) in [6.07, 6.45) is 1.69. The number of hydrogen-bond donors (Lipinski definition) is 2. The van der Waals surface area contributed by atoms with Crippen LogP contribution in [-0.2, 0) is 6.54 Å². The lowest BCUT2D eigenvalue weighted by atomic mass is 10.1. The molecule has 2 amide bonds. The largest absolute Gasteiger partial charge is 0.350 e. The van der Waals surface area contributed by atoms with E-state index in [0.717, 1.165) is 11.1 Å². The summed E-state index contributed by atoms with van der Waals surface area (Å²) in [6.45, 7) is 11.0. The molecule has 1 aromatic carbocycles. The Morgan fingerprint density at radius 1 is 1.20 bits per heavy atom. The van der Waals surface area contributed by atoms with Crippen LogP contribution in [0.15, 0.2) is 24.4 Å². The van der Waals surface area contributed by atoms with Crippen LogP contribution in [0.5, 0.6) is 0 Å². The zero-order valence-electron chi connectivity index (χ0n) is 15.5. The summed E-state index contributed by atoms with van der Waals surface area (Å²) in [5.41, 5.74) is 3.24. The van der Waals surface area contributed by atoms with Crippen LogP contribution in [0.1, 0.15) is 52.7 Å². The predicted molar refractivity (Wildman–Crippen MR) is 98.9 cm³/mol. The first-order chi connectivity index (χ1) is 11.8. The van der Waals surface area contributed by atoms with Crippen molar-refractivity contribution in [3.05, 3.63) is 46.8 Å². The molecule has 6 heteroatoms. The lowest BCUT2D eigenvalue weighted by Crippen LogP contribution is -2.28. The standard InChI is InChI=1S/C19H26N4O2/c1-6-23-11-16(17(22-23)19(25)20-10-12(2)3)21-18(24)15-8-7-13(4)9-14(15)5/h7-9,11-12H,6,10H2,1-5H3,(H,20,25)(H,21,24). The lowest BCUT2D eigenvalue weighted by molar-refractivity contribution is 0.0944. The van der Waals surface area contributed by atoms with Gasteiger partial charge in [-0.2, -0.15) is 5.10 Å². The molecule has 6 nitrogen and oxygen atoms in total. The van der Waals surface area contributed by atoms with Crippen LogP contribution in [0, 0.1) is 19.8 Å². The Kier molecular flexibility index (Phi) is 5.96. The molecular formula is C19H26N4O2. The third-order valence-electron chi connectivity index (χ3n) is 3.85. The van der Waals surface area contributed by atoms with Gasteiger partial charge in [0, 0.05) is 24.8 Å². The Hall–Kier alpha value is -2.63. The molecule has 1 heterocycles. The summed E-state index contributed by atoms with van der Waals surface area (Å²) >= 11 is 0. The number of nitrogens with zero attached hydrogens (tertiary/aromatic N) is 2. The van der Waals surface area contributed by atoms with Gasteiger partial charge >= 0.3 is 0 Å². The van der Waals surface area contributed by atoms with Crippen molar-refractivity contribution in [2.24, 2.45) is 5.92 Å². The van der Waals surface area contributed by atoms with Crippen LogP contribution >= 0.6 is 0 Å². The molecule has 0 unspecified atom stereocenters. The van der Waals surface area contributed by atoms with Crippen LogP contribution in [0.25, 0.3) is 0 Å². The number of rotatable bonds is 6. The van der Waals surface area contributed by atoms with Gasteiger partial charge in [-0.15, -0.1) is 0 Å². The first-order valence-electron chi connectivity index (χ1n) is 8.56. The zero-order valence-corrected chi connectivity index (χ0v) is 15.5. The molecule has 2 N–H and O–H groups in total. The fraction of sp³-hybridized carbons (Fsp3) is 0.421. The molecule has 0 bridgehead atoms. The summed E-state index contributed by atoms with van der Waals surface area (Å²) in [6, 6.07) is 5.65. The molecule has 2 rings (SSSR count). The Labute approximate surface area is 148 Å². The second-order valence-electron chi connectivity index (χ2n) is 6.62. The van der Waals surface area contributed by atoms with E-state index < -0.39 is 0 Å². The topological polar surface area (TPSA) is 76.0 Å². The number of aromatic nitrogens is 2. The number of benzene rings is 1. The minimum Gasteiger partial charge on any atom is -0.350 e. The maximum Gasteiger partial charge on any atom is 0.273 e. The summed E-state index contributed by atoms with van der Waals surface area (Å²) in [7, 11) is 0. The van der Waals surface area contributed by atoms with Gasteiger partial charge in [0.2, 0.25) is 0 Å². The van der Waals surface area contributed by atoms with Crippen molar-refractivity contribution in [3.8, 4) is 0 Å². The second kappa shape index (κ2) is 7.96. The predicted octanol–water partition coefficient (Wildman–Crippen LogP) is 3.16. The van der Waals surface area contributed by atoms with Crippen LogP contribution in [0.4, 0.5) is 5.69 Å². The molecule has 2 aromatic rings. The molecule has 0 saturated carbocycles. The van der Waals surface area contributed by atoms with E-state index >= 15 is 0 Å². The van der Waals surface area contributed by atoms with Gasteiger partial charge in [0.1, 0.15) is 0 Å². The average molecular weight is 342 g/mol. The zero-order chi connectivity index (χ0) is 18.6. The van der Waals surface area contributed by atoms with Crippen LogP contribution in [0.3, 0.4) is 0 Å². The van der Waals surface area contributed by atoms with Crippen LogP contribution in [-0.4, -0.2) is 28.1 Å². The molecule has 0 aliphatic rings. The normalized spacial score (nSPS) is 10.8. The van der Waals surface area contributed by atoms with E-state index in [2.05, 4.69) is 15.7 Å². The average Bonchev–Trinajstić information content (AvgIpc) is 2.95. The van der Waals surface area contributed by atoms with Crippen LogP contribution in [0.2, 0.25) is 0 Å². The number of nitrogens with one attached hydrogen (secondary N) is 2. The van der Waals surface area contributed by atoms with Gasteiger partial charge in [0.25, 0.3) is 11.8 Å². The summed E-state index contributed by atoms with van der Waals surface area (Å²) < 4.78 is 1.64. The molecule has 25 heavy (non-hydrogen) atoms. The maximum atomic E-state index is 12.6. The van der Waals surface area contributed by atoms with E-state index in [9.17, 15) is 9.59 Å². The number of anilines is 1. The van der Waals surface area contributed by atoms with Crippen molar-refractivity contribution in [3.63, 3.8) is 0 Å². The molecule has 134 valence electrons. The molecule has 0 aliphatic heterocycles. The van der Waals surface area contributed by atoms with Gasteiger partial charge in [0.05, 0.1) is 5.69 Å². The first-order valence-corrected chi connectivity index (χ1v) is 8.56. The van der Waals surface area contributed by atoms with E-state index in [4.69, 9.17) is 0 Å². The first kappa shape index (κ1) is 18.7. The lowest BCUT2D eigenvalue weighted by Gasteiger charge is -2.09. The SMILES string of the molecule is CCn1cc(NC(=O)c2ccc(C)cc2C)c(C(=O)NCC(C)C)n1. The van der Waals surface area contributed by atoms with Crippen molar-refractivity contribution in [1.82, 2.24) is 15.1 Å². The minimum absolute atomic E-state index is 0.237. The van der Waals surface area contributed by atoms with E-state index in [1.54, 1.807) is 16.9 Å². The molecule has 1 aromatic heterocycles. The van der Waals surface area contributed by atoms with E-state index in [-0.39, 0.29) is 17.5 Å². The monoisotopic (exact) mass is 342 g/mol. The molecule has 0 atom stereocenters. The number of hydrogen-bond acceptors (Lipinski definition) is 3. The van der Waals surface area contributed by atoms with Gasteiger partial charge in [-0.25, -0.2) is 0 Å². The summed E-state index contributed by atoms with van der Waals surface area (Å²) in [4.78, 5) is 25.0. The molecule has 0 saturated heterocycles. The van der Waals surface area contributed by atoms with Gasteiger partial charge in [-0.3, -0.25) is 14.3 Å². The van der Waals surface area contributed by atoms with Gasteiger partial charge in [-0.1, -0.05) is 31.5 Å². The van der Waals surface area contributed by atoms with Gasteiger partial charge in [0.15, 0.2) is 5.69 Å². The highest BCUT2D eigenvalue weighted by Gasteiger charge is 2.19. The van der Waals surface area contributed by atoms with Crippen LogP contribution < -0.4 is 10.6 Å².